The van der Waals surface area contributed by atoms with Crippen LogP contribution in [0, 0.1) is 0 Å². The minimum Gasteiger partial charge on any atom is -0.497 e. The van der Waals surface area contributed by atoms with Crippen LogP contribution in [0.1, 0.15) is 10.4 Å². The molecule has 8 nitrogen and oxygen atoms in total. The van der Waals surface area contributed by atoms with Crippen LogP contribution in [0.25, 0.3) is 10.2 Å². The molecule has 12 heteroatoms. The van der Waals surface area contributed by atoms with Gasteiger partial charge in [-0.15, -0.1) is 48.6 Å². The van der Waals surface area contributed by atoms with E-state index in [0.29, 0.717) is 6.54 Å². The van der Waals surface area contributed by atoms with Crippen molar-refractivity contribution in [1.29, 1.82) is 0 Å². The number of piperazine rings is 1. The molecule has 0 aliphatic carbocycles. The highest BCUT2D eigenvalue weighted by Crippen LogP contribution is 2.33. The first-order valence-electron chi connectivity index (χ1n) is 11.4. The molecule has 4 heterocycles. The number of rotatable bonds is 6. The zero-order chi connectivity index (χ0) is 22.9. The van der Waals surface area contributed by atoms with Crippen LogP contribution < -0.4 is 19.9 Å². The lowest BCUT2D eigenvalue weighted by molar-refractivity contribution is 0.246. The molecule has 0 unspecified atom stereocenters. The van der Waals surface area contributed by atoms with E-state index in [-0.39, 0.29) is 42.8 Å². The van der Waals surface area contributed by atoms with E-state index in [4.69, 9.17) is 9.47 Å². The first-order chi connectivity index (χ1) is 16.1. The Bertz CT molecular complexity index is 1210. The molecule has 2 aliphatic rings. The molecule has 1 fully saturated rings. The number of hydrogen-bond acceptors (Lipinski definition) is 8. The maximum absolute atomic E-state index is 13.2. The van der Waals surface area contributed by atoms with Crippen LogP contribution in [-0.4, -0.2) is 79.9 Å². The van der Waals surface area contributed by atoms with E-state index >= 15 is 0 Å². The molecule has 0 amide bonds. The third-order valence-electron chi connectivity index (χ3n) is 6.77. The molecule has 3 aromatic rings. The number of halogens is 3. The summed E-state index contributed by atoms with van der Waals surface area (Å²) < 4.78 is 12.8. The largest absolute Gasteiger partial charge is 0.497 e. The lowest BCUT2D eigenvalue weighted by Crippen LogP contribution is -2.47. The molecule has 0 saturated carbocycles. The smallest absolute Gasteiger partial charge is 0.262 e. The summed E-state index contributed by atoms with van der Waals surface area (Å²) >= 11 is 1.67. The van der Waals surface area contributed by atoms with Gasteiger partial charge in [-0.2, -0.15) is 0 Å². The van der Waals surface area contributed by atoms with Gasteiger partial charge in [0.2, 0.25) is 0 Å². The molecular formula is C24H34Cl3N5O3S. The molecule has 0 radical (unpaired) electrons. The summed E-state index contributed by atoms with van der Waals surface area (Å²) in [5.41, 5.74) is 2.40. The van der Waals surface area contributed by atoms with E-state index < -0.39 is 0 Å². The van der Waals surface area contributed by atoms with Gasteiger partial charge in [-0.3, -0.25) is 14.3 Å². The molecule has 0 atom stereocenters. The number of anilines is 1. The molecule has 36 heavy (non-hydrogen) atoms. The van der Waals surface area contributed by atoms with Gasteiger partial charge in [-0.25, -0.2) is 4.98 Å². The van der Waals surface area contributed by atoms with Crippen molar-refractivity contribution in [3.63, 3.8) is 0 Å². The molecule has 2 aromatic heterocycles. The summed E-state index contributed by atoms with van der Waals surface area (Å²) in [6.45, 7) is 7.09. The zero-order valence-corrected chi connectivity index (χ0v) is 24.0. The van der Waals surface area contributed by atoms with E-state index in [2.05, 4.69) is 26.7 Å². The number of ether oxygens (including phenoxy) is 2. The third-order valence-corrected chi connectivity index (χ3v) is 7.90. The number of aromatic nitrogens is 2. The van der Waals surface area contributed by atoms with Gasteiger partial charge < -0.3 is 19.3 Å². The predicted molar refractivity (Wildman–Crippen MR) is 154 cm³/mol. The highest BCUT2D eigenvalue weighted by molar-refractivity contribution is 7.18. The Morgan fingerprint density at radius 1 is 1.00 bits per heavy atom. The van der Waals surface area contributed by atoms with Crippen molar-refractivity contribution < 1.29 is 9.47 Å². The van der Waals surface area contributed by atoms with Gasteiger partial charge in [0.25, 0.3) is 5.56 Å². The number of methoxy groups -OCH3 is 2. The number of likely N-dealkylation sites (N-methyl/N-ethyl adjacent to an activating group) is 1. The Kier molecular flexibility index (Phi) is 11.1. The van der Waals surface area contributed by atoms with Crippen molar-refractivity contribution in [3.05, 3.63) is 45.3 Å². The number of fused-ring (bicyclic) bond motifs is 3. The summed E-state index contributed by atoms with van der Waals surface area (Å²) in [5.74, 6) is 1.69. The quantitative estimate of drug-likeness (QED) is 0.443. The van der Waals surface area contributed by atoms with E-state index in [9.17, 15) is 4.79 Å². The first kappa shape index (κ1) is 30.5. The number of thiophene rings is 1. The fraction of sp³-hybridized carbons (Fsp3) is 0.500. The Hall–Kier alpha value is -1.75. The fourth-order valence-electron chi connectivity index (χ4n) is 4.81. The van der Waals surface area contributed by atoms with Gasteiger partial charge in [0.1, 0.15) is 16.3 Å². The predicted octanol–water partition coefficient (Wildman–Crippen LogP) is 3.55. The monoisotopic (exact) mass is 577 g/mol. The zero-order valence-electron chi connectivity index (χ0n) is 20.8. The average Bonchev–Trinajstić information content (AvgIpc) is 3.21. The minimum atomic E-state index is 0. The Morgan fingerprint density at radius 3 is 2.44 bits per heavy atom. The lowest BCUT2D eigenvalue weighted by Gasteiger charge is -2.36. The Balaban J connectivity index is 0.00000152. The molecule has 1 saturated heterocycles. The van der Waals surface area contributed by atoms with Crippen molar-refractivity contribution in [2.45, 2.75) is 19.5 Å². The number of nitrogens with zero attached hydrogens (tertiary/aromatic N) is 5. The summed E-state index contributed by atoms with van der Waals surface area (Å²) in [6, 6.07) is 5.91. The maximum atomic E-state index is 13.2. The first-order valence-corrected chi connectivity index (χ1v) is 12.3. The fourth-order valence-corrected chi connectivity index (χ4v) is 6.07. The highest BCUT2D eigenvalue weighted by atomic mass is 35.5. The highest BCUT2D eigenvalue weighted by Gasteiger charge is 2.23. The van der Waals surface area contributed by atoms with E-state index in [1.807, 2.05) is 18.2 Å². The van der Waals surface area contributed by atoms with Crippen molar-refractivity contribution in [2.75, 3.05) is 65.4 Å². The summed E-state index contributed by atoms with van der Waals surface area (Å²) in [4.78, 5) is 27.1. The maximum Gasteiger partial charge on any atom is 0.262 e. The normalized spacial score (nSPS) is 15.9. The third kappa shape index (κ3) is 6.03. The van der Waals surface area contributed by atoms with Gasteiger partial charge in [0.05, 0.1) is 31.6 Å². The summed E-state index contributed by atoms with van der Waals surface area (Å²) in [5, 5.41) is 0.848. The number of benzene rings is 1. The number of hydrogen-bond donors (Lipinski definition) is 0. The van der Waals surface area contributed by atoms with Crippen LogP contribution in [0.4, 0.5) is 5.69 Å². The van der Waals surface area contributed by atoms with Crippen LogP contribution in [0.15, 0.2) is 29.3 Å². The van der Waals surface area contributed by atoms with E-state index in [1.165, 1.54) is 10.4 Å². The molecular weight excluding hydrogens is 545 g/mol. The van der Waals surface area contributed by atoms with Crippen LogP contribution in [0.3, 0.4) is 0 Å². The molecule has 5 rings (SSSR count). The standard InChI is InChI=1S/C24H31N5O3S.3ClH/c1-26-7-6-18-21(15-26)33-23-22(18)24(30)29(16-25-23)13-10-27-8-11-28(12-9-27)19-14-17(31-2)4-5-20(19)32-3;;;/h4-5,14,16H,6-13,15H2,1-3H3;3*1H. The molecule has 0 N–H and O–H groups in total. The van der Waals surface area contributed by atoms with Crippen LogP contribution in [0.5, 0.6) is 11.5 Å². The van der Waals surface area contributed by atoms with Gasteiger partial charge in [-0.1, -0.05) is 0 Å². The molecule has 1 aromatic carbocycles. The lowest BCUT2D eigenvalue weighted by atomic mass is 10.1. The van der Waals surface area contributed by atoms with E-state index in [0.717, 1.165) is 79.6 Å². The van der Waals surface area contributed by atoms with E-state index in [1.54, 1.807) is 36.5 Å². The second kappa shape index (κ2) is 13.2. The minimum absolute atomic E-state index is 0. The van der Waals surface area contributed by atoms with Crippen molar-refractivity contribution in [2.24, 2.45) is 0 Å². The second-order valence-electron chi connectivity index (χ2n) is 8.78. The molecule has 200 valence electrons. The van der Waals surface area contributed by atoms with Crippen LogP contribution in [0.2, 0.25) is 0 Å². The van der Waals surface area contributed by atoms with Crippen LogP contribution >= 0.6 is 48.6 Å². The Morgan fingerprint density at radius 2 is 1.75 bits per heavy atom. The molecule has 0 spiro atoms. The molecule has 0 bridgehead atoms. The van der Waals surface area contributed by atoms with Gasteiger partial charge in [0.15, 0.2) is 0 Å². The molecule has 2 aliphatic heterocycles. The summed E-state index contributed by atoms with van der Waals surface area (Å²) in [7, 11) is 5.51. The van der Waals surface area contributed by atoms with Gasteiger partial charge >= 0.3 is 0 Å². The average molecular weight is 579 g/mol. The van der Waals surface area contributed by atoms with Crippen molar-refractivity contribution in [1.82, 2.24) is 19.4 Å². The van der Waals surface area contributed by atoms with Crippen LogP contribution in [-0.2, 0) is 19.5 Å². The second-order valence-corrected chi connectivity index (χ2v) is 9.86. The SMILES string of the molecule is COc1ccc(OC)c(N2CCN(CCn3cnc4sc5c(c4c3=O)CCN(C)C5)CC2)c1.Cl.Cl.Cl. The van der Waals surface area contributed by atoms with Crippen molar-refractivity contribution in [3.8, 4) is 11.5 Å². The summed E-state index contributed by atoms with van der Waals surface area (Å²) in [6.07, 6.45) is 2.66. The van der Waals surface area contributed by atoms with Gasteiger partial charge in [-0.05, 0) is 31.2 Å². The van der Waals surface area contributed by atoms with Crippen molar-refractivity contribution >= 4 is 64.5 Å². The van der Waals surface area contributed by atoms with Gasteiger partial charge in [0, 0.05) is 63.3 Å². The topological polar surface area (TPSA) is 63.1 Å². The Labute approximate surface area is 234 Å².